The number of benzene rings is 1. The fourth-order valence-corrected chi connectivity index (χ4v) is 3.07. The molecule has 7 nitrogen and oxygen atoms in total. The number of likely N-dealkylation sites (tertiary alicyclic amines) is 1. The number of hydrogen-bond donors (Lipinski definition) is 2. The Morgan fingerprint density at radius 3 is 2.88 bits per heavy atom. The van der Waals surface area contributed by atoms with E-state index in [-0.39, 0.29) is 6.10 Å². The number of H-pyrrole nitrogens is 1. The van der Waals surface area contributed by atoms with Crippen LogP contribution < -0.4 is 0 Å². The van der Waals surface area contributed by atoms with Crippen molar-refractivity contribution in [3.63, 3.8) is 0 Å². The summed E-state index contributed by atoms with van der Waals surface area (Å²) in [5.41, 5.74) is 3.34. The van der Waals surface area contributed by atoms with E-state index in [2.05, 4.69) is 15.1 Å². The molecule has 4 rings (SSSR count). The first-order chi connectivity index (χ1) is 12.7. The van der Waals surface area contributed by atoms with Crippen molar-refractivity contribution < 1.29 is 14.7 Å². The Labute approximate surface area is 149 Å². The molecule has 7 heteroatoms. The number of aromatic amines is 1. The van der Waals surface area contributed by atoms with Crippen molar-refractivity contribution in [2.75, 3.05) is 13.1 Å². The zero-order chi connectivity index (χ0) is 17.9. The molecule has 2 aromatic heterocycles. The third kappa shape index (κ3) is 3.23. The Hall–Kier alpha value is -3.35. The van der Waals surface area contributed by atoms with Crippen molar-refractivity contribution in [1.82, 2.24) is 14.9 Å². The molecule has 1 atom stereocenters. The number of rotatable bonds is 4. The fourth-order valence-electron chi connectivity index (χ4n) is 3.07. The molecule has 1 aliphatic rings. The number of aromatic nitrogens is 2. The predicted molar refractivity (Wildman–Crippen MR) is 97.3 cm³/mol. The molecular formula is C19H18N4O3. The molecule has 0 spiro atoms. The first kappa shape index (κ1) is 16.1. The zero-order valence-corrected chi connectivity index (χ0v) is 14.0. The highest BCUT2D eigenvalue weighted by Crippen LogP contribution is 2.19. The number of carboxylic acid groups (broad SMARTS) is 1. The minimum absolute atomic E-state index is 0.240. The largest absolute Gasteiger partial charge is 0.465 e. The molecule has 1 amide bonds. The van der Waals surface area contributed by atoms with E-state index in [0.29, 0.717) is 25.2 Å². The van der Waals surface area contributed by atoms with Crippen LogP contribution in [0.2, 0.25) is 0 Å². The van der Waals surface area contributed by atoms with Gasteiger partial charge in [0.2, 0.25) is 0 Å². The molecule has 0 saturated carbocycles. The van der Waals surface area contributed by atoms with Gasteiger partial charge < -0.3 is 19.8 Å². The molecule has 132 valence electrons. The number of nitrogens with one attached hydrogen (secondary N) is 1. The molecule has 26 heavy (non-hydrogen) atoms. The summed E-state index contributed by atoms with van der Waals surface area (Å²) >= 11 is 0. The summed E-state index contributed by atoms with van der Waals surface area (Å²) in [6.07, 6.45) is 2.98. The average Bonchev–Trinajstić information content (AvgIpc) is 3.29. The van der Waals surface area contributed by atoms with Gasteiger partial charge in [0.1, 0.15) is 11.8 Å². The highest BCUT2D eigenvalue weighted by atomic mass is 16.6. The van der Waals surface area contributed by atoms with Crippen molar-refractivity contribution in [3.8, 4) is 0 Å². The molecule has 1 fully saturated rings. The number of oxime groups is 1. The average molecular weight is 350 g/mol. The second-order valence-corrected chi connectivity index (χ2v) is 6.20. The van der Waals surface area contributed by atoms with Gasteiger partial charge in [-0.1, -0.05) is 35.5 Å². The van der Waals surface area contributed by atoms with Gasteiger partial charge in [0.05, 0.1) is 24.0 Å². The Bertz CT molecular complexity index is 919. The van der Waals surface area contributed by atoms with Gasteiger partial charge in [-0.05, 0) is 12.1 Å². The van der Waals surface area contributed by atoms with Crippen LogP contribution in [0.15, 0.2) is 60.0 Å². The van der Waals surface area contributed by atoms with Gasteiger partial charge in [-0.15, -0.1) is 0 Å². The number of pyridine rings is 1. The normalized spacial score (nSPS) is 17.6. The van der Waals surface area contributed by atoms with Crippen molar-refractivity contribution in [2.24, 2.45) is 5.16 Å². The Balaban J connectivity index is 1.64. The Morgan fingerprint density at radius 1 is 1.31 bits per heavy atom. The maximum atomic E-state index is 11.1. The lowest BCUT2D eigenvalue weighted by molar-refractivity contribution is 0.0645. The topological polar surface area (TPSA) is 90.8 Å². The number of hydrogen-bond acceptors (Lipinski definition) is 4. The summed E-state index contributed by atoms with van der Waals surface area (Å²) in [6, 6.07) is 13.7. The second kappa shape index (κ2) is 6.87. The molecule has 1 saturated heterocycles. The maximum absolute atomic E-state index is 11.1. The summed E-state index contributed by atoms with van der Waals surface area (Å²) in [7, 11) is 0. The molecule has 3 heterocycles. The van der Waals surface area contributed by atoms with Crippen molar-refractivity contribution >= 4 is 22.7 Å². The van der Waals surface area contributed by atoms with Crippen molar-refractivity contribution in [3.05, 3.63) is 66.1 Å². The van der Waals surface area contributed by atoms with Gasteiger partial charge in [0.25, 0.3) is 0 Å². The van der Waals surface area contributed by atoms with Gasteiger partial charge >= 0.3 is 6.09 Å². The van der Waals surface area contributed by atoms with E-state index in [4.69, 9.17) is 9.94 Å². The number of amides is 1. The van der Waals surface area contributed by atoms with Crippen LogP contribution in [0.1, 0.15) is 17.7 Å². The number of fused-ring (bicyclic) bond motifs is 1. The third-order valence-electron chi connectivity index (χ3n) is 4.43. The molecule has 1 aliphatic heterocycles. The van der Waals surface area contributed by atoms with E-state index >= 15 is 0 Å². The third-order valence-corrected chi connectivity index (χ3v) is 4.43. The highest BCUT2D eigenvalue weighted by molar-refractivity contribution is 6.13. The van der Waals surface area contributed by atoms with Crippen LogP contribution in [-0.4, -0.2) is 51.0 Å². The molecule has 1 unspecified atom stereocenters. The monoisotopic (exact) mass is 350 g/mol. The summed E-state index contributed by atoms with van der Waals surface area (Å²) in [5, 5.41) is 14.5. The number of nitrogens with zero attached hydrogens (tertiary/aromatic N) is 3. The first-order valence-corrected chi connectivity index (χ1v) is 8.41. The van der Waals surface area contributed by atoms with Crippen LogP contribution in [0.4, 0.5) is 4.79 Å². The number of carbonyl (C=O) groups is 1. The molecular weight excluding hydrogens is 332 g/mol. The lowest BCUT2D eigenvalue weighted by atomic mass is 10.1. The van der Waals surface area contributed by atoms with Crippen LogP contribution in [0, 0.1) is 0 Å². The van der Waals surface area contributed by atoms with E-state index in [1.807, 2.05) is 42.5 Å². The first-order valence-electron chi connectivity index (χ1n) is 8.41. The van der Waals surface area contributed by atoms with E-state index < -0.39 is 6.09 Å². The molecule has 0 aliphatic carbocycles. The lowest BCUT2D eigenvalue weighted by Gasteiger charge is -2.12. The standard InChI is InChI=1S/C19H18N4O3/c24-19(25)23-9-7-15(12-23)26-22-18(13-4-2-1-3-5-13)16-10-14-6-8-20-11-17(14)21-16/h1-6,8,10-11,15,21H,7,9,12H2,(H,24,25). The SMILES string of the molecule is O=C(O)N1CCC(ON=C(c2ccccc2)c2cc3ccncc3[nH]2)C1. The Kier molecular flexibility index (Phi) is 4.27. The summed E-state index contributed by atoms with van der Waals surface area (Å²) in [4.78, 5) is 25.5. The van der Waals surface area contributed by atoms with Gasteiger partial charge in [-0.3, -0.25) is 4.98 Å². The van der Waals surface area contributed by atoms with Crippen LogP contribution in [0.5, 0.6) is 0 Å². The zero-order valence-electron chi connectivity index (χ0n) is 14.0. The van der Waals surface area contributed by atoms with Crippen LogP contribution in [0.25, 0.3) is 10.9 Å². The van der Waals surface area contributed by atoms with Gasteiger partial charge in [0, 0.05) is 30.1 Å². The van der Waals surface area contributed by atoms with Gasteiger partial charge in [-0.2, -0.15) is 0 Å². The minimum atomic E-state index is -0.925. The van der Waals surface area contributed by atoms with E-state index in [0.717, 1.165) is 22.2 Å². The lowest BCUT2D eigenvalue weighted by Crippen LogP contribution is -2.28. The quantitative estimate of drug-likeness (QED) is 0.559. The highest BCUT2D eigenvalue weighted by Gasteiger charge is 2.27. The van der Waals surface area contributed by atoms with Gasteiger partial charge in [-0.25, -0.2) is 4.79 Å². The smallest absolute Gasteiger partial charge is 0.407 e. The Morgan fingerprint density at radius 2 is 2.15 bits per heavy atom. The fraction of sp³-hybridized carbons (Fsp3) is 0.211. The van der Waals surface area contributed by atoms with Gasteiger partial charge in [0.15, 0.2) is 0 Å². The molecule has 1 aromatic carbocycles. The van der Waals surface area contributed by atoms with E-state index in [9.17, 15) is 4.79 Å². The summed E-state index contributed by atoms with van der Waals surface area (Å²) < 4.78 is 0. The summed E-state index contributed by atoms with van der Waals surface area (Å²) in [6.45, 7) is 0.797. The minimum Gasteiger partial charge on any atom is -0.465 e. The molecule has 2 N–H and O–H groups in total. The predicted octanol–water partition coefficient (Wildman–Crippen LogP) is 3.08. The molecule has 0 radical (unpaired) electrons. The molecule has 0 bridgehead atoms. The van der Waals surface area contributed by atoms with E-state index in [1.54, 1.807) is 12.4 Å². The molecule has 3 aromatic rings. The van der Waals surface area contributed by atoms with E-state index in [1.165, 1.54) is 4.90 Å². The van der Waals surface area contributed by atoms with Crippen LogP contribution >= 0.6 is 0 Å². The van der Waals surface area contributed by atoms with Crippen molar-refractivity contribution in [1.29, 1.82) is 0 Å². The summed E-state index contributed by atoms with van der Waals surface area (Å²) in [5.74, 6) is 0. The second-order valence-electron chi connectivity index (χ2n) is 6.20. The van der Waals surface area contributed by atoms with Crippen molar-refractivity contribution in [2.45, 2.75) is 12.5 Å². The van der Waals surface area contributed by atoms with Crippen LogP contribution in [0.3, 0.4) is 0 Å². The van der Waals surface area contributed by atoms with Crippen LogP contribution in [-0.2, 0) is 4.84 Å². The maximum Gasteiger partial charge on any atom is 0.407 e.